The van der Waals surface area contributed by atoms with Gasteiger partial charge in [-0.25, -0.2) is 21.1 Å². The Morgan fingerprint density at radius 1 is 0.862 bits per heavy atom. The van der Waals surface area contributed by atoms with Crippen molar-refractivity contribution in [1.29, 1.82) is 0 Å². The molecular formula is C19H23N3O5S2. The summed E-state index contributed by atoms with van der Waals surface area (Å²) in [5.41, 5.74) is 1.11. The number of carbonyl (C=O) groups excluding carboxylic acids is 1. The van der Waals surface area contributed by atoms with E-state index >= 15 is 0 Å². The number of benzene rings is 2. The van der Waals surface area contributed by atoms with Crippen LogP contribution < -0.4 is 9.62 Å². The highest BCUT2D eigenvalue weighted by atomic mass is 32.2. The third-order valence-electron chi connectivity index (χ3n) is 4.72. The molecule has 1 heterocycles. The van der Waals surface area contributed by atoms with Crippen molar-refractivity contribution in [1.82, 2.24) is 4.31 Å². The van der Waals surface area contributed by atoms with E-state index in [1.54, 1.807) is 18.2 Å². The maximum atomic E-state index is 12.8. The molecule has 0 radical (unpaired) electrons. The Morgan fingerprint density at radius 2 is 1.41 bits per heavy atom. The smallest absolute Gasteiger partial charge is 0.261 e. The van der Waals surface area contributed by atoms with Crippen LogP contribution in [-0.4, -0.2) is 54.1 Å². The summed E-state index contributed by atoms with van der Waals surface area (Å²) < 4.78 is 53.6. The molecule has 0 aliphatic carbocycles. The molecule has 0 unspecified atom stereocenters. The monoisotopic (exact) mass is 437 g/mol. The summed E-state index contributed by atoms with van der Waals surface area (Å²) in [6, 6.07) is 12.1. The lowest BCUT2D eigenvalue weighted by atomic mass is 10.1. The SMILES string of the molecule is CN(C)S(=O)(=O)c1ccc(S(=O)(=O)Nc2ccccc2N2CCC(=O)CC2)cc1. The first-order valence-corrected chi connectivity index (χ1v) is 11.9. The van der Waals surface area contributed by atoms with Gasteiger partial charge >= 0.3 is 0 Å². The lowest BCUT2D eigenvalue weighted by molar-refractivity contribution is -0.119. The Hall–Kier alpha value is -2.43. The van der Waals surface area contributed by atoms with Crippen molar-refractivity contribution in [3.05, 3.63) is 48.5 Å². The first kappa shape index (κ1) is 21.3. The summed E-state index contributed by atoms with van der Waals surface area (Å²) in [4.78, 5) is 13.4. The van der Waals surface area contributed by atoms with Crippen molar-refractivity contribution in [2.45, 2.75) is 22.6 Å². The molecule has 29 heavy (non-hydrogen) atoms. The van der Waals surface area contributed by atoms with Crippen LogP contribution in [-0.2, 0) is 24.8 Å². The average molecular weight is 438 g/mol. The zero-order valence-corrected chi connectivity index (χ0v) is 17.8. The minimum atomic E-state index is -3.92. The second-order valence-corrected chi connectivity index (χ2v) is 10.7. The lowest BCUT2D eigenvalue weighted by Crippen LogP contribution is -2.34. The van der Waals surface area contributed by atoms with Gasteiger partial charge in [-0.1, -0.05) is 12.1 Å². The number of ketones is 1. The van der Waals surface area contributed by atoms with E-state index in [0.717, 1.165) is 4.31 Å². The number of nitrogens with zero attached hydrogens (tertiary/aromatic N) is 2. The predicted molar refractivity (Wildman–Crippen MR) is 111 cm³/mol. The maximum absolute atomic E-state index is 12.8. The van der Waals surface area contributed by atoms with E-state index < -0.39 is 20.0 Å². The number of hydrogen-bond acceptors (Lipinski definition) is 6. The van der Waals surface area contributed by atoms with Gasteiger partial charge in [0.15, 0.2) is 0 Å². The largest absolute Gasteiger partial charge is 0.369 e. The van der Waals surface area contributed by atoms with Crippen LogP contribution in [0.5, 0.6) is 0 Å². The van der Waals surface area contributed by atoms with Crippen molar-refractivity contribution in [2.75, 3.05) is 36.8 Å². The van der Waals surface area contributed by atoms with Gasteiger partial charge in [-0.05, 0) is 36.4 Å². The number of carbonyl (C=O) groups is 1. The number of para-hydroxylation sites is 2. The molecule has 1 aliphatic heterocycles. The van der Waals surface area contributed by atoms with E-state index in [-0.39, 0.29) is 15.6 Å². The summed E-state index contributed by atoms with van der Waals surface area (Å²) in [6.45, 7) is 1.07. The number of hydrogen-bond donors (Lipinski definition) is 1. The highest BCUT2D eigenvalue weighted by Gasteiger charge is 2.23. The van der Waals surface area contributed by atoms with Crippen molar-refractivity contribution in [2.24, 2.45) is 0 Å². The molecule has 0 spiro atoms. The Labute approximate surface area is 171 Å². The second kappa shape index (κ2) is 8.13. The molecule has 156 valence electrons. The molecule has 0 bridgehead atoms. The molecule has 3 rings (SSSR count). The van der Waals surface area contributed by atoms with E-state index in [9.17, 15) is 21.6 Å². The van der Waals surface area contributed by atoms with E-state index in [4.69, 9.17) is 0 Å². The fourth-order valence-corrected chi connectivity index (χ4v) is 5.01. The van der Waals surface area contributed by atoms with Gasteiger partial charge < -0.3 is 4.90 Å². The van der Waals surface area contributed by atoms with Gasteiger partial charge in [0.05, 0.1) is 21.2 Å². The molecule has 8 nitrogen and oxygen atoms in total. The van der Waals surface area contributed by atoms with Gasteiger partial charge in [0.25, 0.3) is 10.0 Å². The molecule has 2 aromatic rings. The van der Waals surface area contributed by atoms with Crippen molar-refractivity contribution < 1.29 is 21.6 Å². The number of sulfonamides is 2. The van der Waals surface area contributed by atoms with Crippen LogP contribution in [0, 0.1) is 0 Å². The van der Waals surface area contributed by atoms with Crippen LogP contribution in [0.15, 0.2) is 58.3 Å². The Kier molecular flexibility index (Phi) is 5.97. The molecule has 0 amide bonds. The van der Waals surface area contributed by atoms with Crippen LogP contribution in [0.25, 0.3) is 0 Å². The zero-order valence-electron chi connectivity index (χ0n) is 16.2. The number of Topliss-reactive ketones (excluding diaryl/α,β-unsaturated/α-hetero) is 1. The fraction of sp³-hybridized carbons (Fsp3) is 0.316. The topological polar surface area (TPSA) is 104 Å². The van der Waals surface area contributed by atoms with E-state index in [1.807, 2.05) is 11.0 Å². The summed E-state index contributed by atoms with van der Waals surface area (Å²) >= 11 is 0. The highest BCUT2D eigenvalue weighted by molar-refractivity contribution is 7.92. The number of rotatable bonds is 6. The molecule has 2 aromatic carbocycles. The maximum Gasteiger partial charge on any atom is 0.261 e. The highest BCUT2D eigenvalue weighted by Crippen LogP contribution is 2.30. The molecule has 1 N–H and O–H groups in total. The molecule has 1 fully saturated rings. The predicted octanol–water partition coefficient (Wildman–Crippen LogP) is 1.91. The van der Waals surface area contributed by atoms with Gasteiger partial charge in [-0.2, -0.15) is 0 Å². The number of nitrogens with one attached hydrogen (secondary N) is 1. The van der Waals surface area contributed by atoms with Gasteiger partial charge in [-0.15, -0.1) is 0 Å². The molecule has 1 aliphatic rings. The van der Waals surface area contributed by atoms with E-state index in [2.05, 4.69) is 4.72 Å². The van der Waals surface area contributed by atoms with Gasteiger partial charge in [-0.3, -0.25) is 9.52 Å². The molecule has 10 heteroatoms. The minimum Gasteiger partial charge on any atom is -0.369 e. The van der Waals surface area contributed by atoms with Crippen molar-refractivity contribution >= 4 is 37.2 Å². The van der Waals surface area contributed by atoms with Gasteiger partial charge in [0.2, 0.25) is 10.0 Å². The van der Waals surface area contributed by atoms with Crippen LogP contribution in [0.1, 0.15) is 12.8 Å². The van der Waals surface area contributed by atoms with E-state index in [1.165, 1.54) is 38.4 Å². The first-order valence-electron chi connectivity index (χ1n) is 9.02. The number of piperidine rings is 1. The lowest BCUT2D eigenvalue weighted by Gasteiger charge is -2.30. The second-order valence-electron chi connectivity index (χ2n) is 6.91. The van der Waals surface area contributed by atoms with Crippen molar-refractivity contribution in [3.63, 3.8) is 0 Å². The zero-order chi connectivity index (χ0) is 21.2. The number of anilines is 2. The van der Waals surface area contributed by atoms with E-state index in [0.29, 0.717) is 37.3 Å². The summed E-state index contributed by atoms with van der Waals surface area (Å²) in [5, 5.41) is 0. The first-order chi connectivity index (χ1) is 13.6. The third kappa shape index (κ3) is 4.60. The van der Waals surface area contributed by atoms with Gasteiger partial charge in [0, 0.05) is 40.0 Å². The molecule has 0 atom stereocenters. The summed E-state index contributed by atoms with van der Waals surface area (Å²) in [5.74, 6) is 0.201. The van der Waals surface area contributed by atoms with Crippen LogP contribution in [0.2, 0.25) is 0 Å². The van der Waals surface area contributed by atoms with Crippen LogP contribution in [0.4, 0.5) is 11.4 Å². The average Bonchev–Trinajstić information content (AvgIpc) is 2.69. The summed E-state index contributed by atoms with van der Waals surface area (Å²) in [7, 11) is -4.74. The standard InChI is InChI=1S/C19H23N3O5S2/c1-21(2)29(26,27)17-9-7-16(8-10-17)28(24,25)20-18-5-3-4-6-19(18)22-13-11-15(23)12-14-22/h3-10,20H,11-14H2,1-2H3. The van der Waals surface area contributed by atoms with Crippen LogP contribution >= 0.6 is 0 Å². The van der Waals surface area contributed by atoms with Crippen LogP contribution in [0.3, 0.4) is 0 Å². The molecule has 0 saturated carbocycles. The Balaban J connectivity index is 1.86. The third-order valence-corrected chi connectivity index (χ3v) is 7.93. The molecule has 1 saturated heterocycles. The van der Waals surface area contributed by atoms with Crippen molar-refractivity contribution in [3.8, 4) is 0 Å². The van der Waals surface area contributed by atoms with Gasteiger partial charge in [0.1, 0.15) is 5.78 Å². The Bertz CT molecular complexity index is 1100. The normalized spacial score (nSPS) is 15.6. The fourth-order valence-electron chi connectivity index (χ4n) is 3.04. The Morgan fingerprint density at radius 3 is 2.00 bits per heavy atom. The summed E-state index contributed by atoms with van der Waals surface area (Å²) in [6.07, 6.45) is 0.867. The molecular weight excluding hydrogens is 414 g/mol. The quantitative estimate of drug-likeness (QED) is 0.740. The minimum absolute atomic E-state index is 0.0137. The molecule has 0 aromatic heterocycles.